The Kier molecular flexibility index (Phi) is 8.13. The van der Waals surface area contributed by atoms with E-state index in [-0.39, 0.29) is 6.61 Å². The summed E-state index contributed by atoms with van der Waals surface area (Å²) in [4.78, 5) is 11.5. The van der Waals surface area contributed by atoms with E-state index in [4.69, 9.17) is 0 Å². The monoisotopic (exact) mass is 429 g/mol. The number of hydrogen-bond acceptors (Lipinski definition) is 3. The number of ether oxygens (including phenoxy) is 1. The van der Waals surface area contributed by atoms with Crippen LogP contribution in [0.4, 0.5) is 22.0 Å². The summed E-state index contributed by atoms with van der Waals surface area (Å²) in [5, 5.41) is 0. The van der Waals surface area contributed by atoms with Crippen molar-refractivity contribution in [3.63, 3.8) is 0 Å². The maximum Gasteiger partial charge on any atom is 0.305 e. The van der Waals surface area contributed by atoms with Crippen LogP contribution in [-0.4, -0.2) is 33.9 Å². The molecule has 1 aromatic carbocycles. The van der Waals surface area contributed by atoms with Gasteiger partial charge in [-0.3, -0.25) is 4.79 Å². The zero-order chi connectivity index (χ0) is 21.8. The van der Waals surface area contributed by atoms with Crippen LogP contribution in [0.3, 0.4) is 0 Å². The maximum absolute atomic E-state index is 15.2. The average molecular weight is 429 g/mol. The van der Waals surface area contributed by atoms with Crippen molar-refractivity contribution in [2.75, 3.05) is 6.61 Å². The fourth-order valence-corrected chi connectivity index (χ4v) is 3.37. The van der Waals surface area contributed by atoms with Gasteiger partial charge in [-0.05, 0) is 33.8 Å². The summed E-state index contributed by atoms with van der Waals surface area (Å²) in [6.45, 7) is 5.58. The topological polar surface area (TPSA) is 55.4 Å². The van der Waals surface area contributed by atoms with Crippen LogP contribution < -0.4 is 4.72 Å². The fourth-order valence-electron chi connectivity index (χ4n) is 2.42. The number of hydrogen-bond donors (Lipinski definition) is 1. The summed E-state index contributed by atoms with van der Waals surface area (Å²) in [6.07, 6.45) is -6.06. The van der Waals surface area contributed by atoms with Gasteiger partial charge in [0.2, 0.25) is 0 Å². The van der Waals surface area contributed by atoms with Crippen molar-refractivity contribution < 1.29 is 35.7 Å². The minimum absolute atomic E-state index is 0.0655. The van der Waals surface area contributed by atoms with Gasteiger partial charge >= 0.3 is 5.97 Å². The zero-order valence-electron chi connectivity index (χ0n) is 16.0. The lowest BCUT2D eigenvalue weighted by atomic mass is 9.82. The minimum Gasteiger partial charge on any atom is -0.466 e. The van der Waals surface area contributed by atoms with E-state index in [9.17, 15) is 22.2 Å². The molecule has 0 saturated heterocycles. The third kappa shape index (κ3) is 5.28. The Morgan fingerprint density at radius 3 is 2.25 bits per heavy atom. The molecule has 0 aliphatic rings. The van der Waals surface area contributed by atoms with Crippen LogP contribution in [0.25, 0.3) is 0 Å². The van der Waals surface area contributed by atoms with E-state index in [0.29, 0.717) is 0 Å². The average Bonchev–Trinajstić information content (AvgIpc) is 2.57. The van der Waals surface area contributed by atoms with Crippen molar-refractivity contribution in [1.82, 2.24) is 4.72 Å². The van der Waals surface area contributed by atoms with Crippen LogP contribution in [0.1, 0.15) is 46.1 Å². The normalized spacial score (nSPS) is 15.9. The van der Waals surface area contributed by atoms with Gasteiger partial charge in [0.05, 0.1) is 28.8 Å². The molecule has 0 heterocycles. The van der Waals surface area contributed by atoms with Gasteiger partial charge in [0.1, 0.15) is 5.82 Å². The second-order valence-corrected chi connectivity index (χ2v) is 9.05. The van der Waals surface area contributed by atoms with Gasteiger partial charge in [-0.15, -0.1) is 0 Å². The van der Waals surface area contributed by atoms with Gasteiger partial charge in [0.25, 0.3) is 12.3 Å². The number of esters is 1. The SMILES string of the molecule is CCOC(=O)CCC(F)(F)[C@](N[S@@](=O)C(C)(C)C)(c1ccccc1F)C(F)F. The highest BCUT2D eigenvalue weighted by atomic mass is 32.2. The molecule has 0 bridgehead atoms. The lowest BCUT2D eigenvalue weighted by Gasteiger charge is -2.41. The largest absolute Gasteiger partial charge is 0.466 e. The number of nitrogens with one attached hydrogen (secondary N) is 1. The fraction of sp³-hybridized carbons (Fsp3) is 0.611. The standard InChI is InChI=1S/C18H24F5NO3S/c1-5-27-14(25)10-11-17(22,23)18(15(20)21,24-28(26)16(2,3)4)12-8-6-7-9-13(12)19/h6-9,15,24H,5,10-11H2,1-4H3/t18-,28-/m0/s1. The summed E-state index contributed by atoms with van der Waals surface area (Å²) in [5.41, 5.74) is -4.64. The highest BCUT2D eigenvalue weighted by molar-refractivity contribution is 7.84. The molecule has 1 rings (SSSR count). The third-order valence-electron chi connectivity index (χ3n) is 3.96. The summed E-state index contributed by atoms with van der Waals surface area (Å²) in [7, 11) is -2.39. The predicted molar refractivity (Wildman–Crippen MR) is 95.9 cm³/mol. The van der Waals surface area contributed by atoms with Gasteiger partial charge in [-0.2, -0.15) is 0 Å². The van der Waals surface area contributed by atoms with Crippen LogP contribution in [0.15, 0.2) is 24.3 Å². The van der Waals surface area contributed by atoms with Crippen LogP contribution in [0.2, 0.25) is 0 Å². The summed E-state index contributed by atoms with van der Waals surface area (Å²) in [6, 6.07) is 3.83. The molecule has 4 nitrogen and oxygen atoms in total. The molecular formula is C18H24F5NO3S. The molecule has 28 heavy (non-hydrogen) atoms. The van der Waals surface area contributed by atoms with Crippen LogP contribution in [0.5, 0.6) is 0 Å². The lowest BCUT2D eigenvalue weighted by molar-refractivity contribution is -0.162. The first-order valence-corrected chi connectivity index (χ1v) is 9.71. The van der Waals surface area contributed by atoms with Gasteiger partial charge in [0, 0.05) is 12.0 Å². The highest BCUT2D eigenvalue weighted by Crippen LogP contribution is 2.46. The van der Waals surface area contributed by atoms with Gasteiger partial charge < -0.3 is 4.74 Å². The maximum atomic E-state index is 15.2. The Hall–Kier alpha value is -1.55. The second kappa shape index (κ2) is 9.30. The van der Waals surface area contributed by atoms with E-state index in [1.165, 1.54) is 27.7 Å². The van der Waals surface area contributed by atoms with E-state index in [0.717, 1.165) is 24.3 Å². The van der Waals surface area contributed by atoms with Crippen LogP contribution in [-0.2, 0) is 26.1 Å². The Morgan fingerprint density at radius 1 is 1.21 bits per heavy atom. The van der Waals surface area contributed by atoms with Crippen LogP contribution in [0, 0.1) is 5.82 Å². The molecule has 0 aliphatic heterocycles. The van der Waals surface area contributed by atoms with Gasteiger partial charge in [-0.1, -0.05) is 18.2 Å². The molecule has 2 atom stereocenters. The van der Waals surface area contributed by atoms with Crippen molar-refractivity contribution in [3.05, 3.63) is 35.6 Å². The molecular weight excluding hydrogens is 405 g/mol. The van der Waals surface area contributed by atoms with Gasteiger partial charge in [0.15, 0.2) is 5.54 Å². The molecule has 0 spiro atoms. The lowest BCUT2D eigenvalue weighted by Crippen LogP contribution is -2.63. The van der Waals surface area contributed by atoms with E-state index < -0.39 is 63.8 Å². The van der Waals surface area contributed by atoms with Gasteiger partial charge in [-0.25, -0.2) is 30.9 Å². The zero-order valence-corrected chi connectivity index (χ0v) is 16.8. The number of rotatable bonds is 9. The molecule has 1 aromatic rings. The van der Waals surface area contributed by atoms with E-state index >= 15 is 8.78 Å². The van der Waals surface area contributed by atoms with E-state index in [1.54, 1.807) is 4.72 Å². The quantitative estimate of drug-likeness (QED) is 0.470. The van der Waals surface area contributed by atoms with Crippen molar-refractivity contribution in [1.29, 1.82) is 0 Å². The second-order valence-electron chi connectivity index (χ2n) is 7.08. The first kappa shape index (κ1) is 24.5. The summed E-state index contributed by atoms with van der Waals surface area (Å²) >= 11 is 0. The molecule has 160 valence electrons. The Balaban J connectivity index is 3.54. The molecule has 0 fully saturated rings. The molecule has 0 amide bonds. The number of carbonyl (C=O) groups is 1. The Labute approximate surface area is 163 Å². The smallest absolute Gasteiger partial charge is 0.305 e. The third-order valence-corrected chi connectivity index (χ3v) is 5.58. The number of carbonyl (C=O) groups excluding carboxylic acids is 1. The molecule has 0 radical (unpaired) electrons. The van der Waals surface area contributed by atoms with E-state index in [1.807, 2.05) is 0 Å². The molecule has 0 aliphatic carbocycles. The Morgan fingerprint density at radius 2 is 1.79 bits per heavy atom. The predicted octanol–water partition coefficient (Wildman–Crippen LogP) is 4.32. The number of benzene rings is 1. The molecule has 10 heteroatoms. The van der Waals surface area contributed by atoms with E-state index in [2.05, 4.69) is 4.74 Å². The minimum atomic E-state index is -4.34. The van der Waals surface area contributed by atoms with Crippen molar-refractivity contribution in [2.45, 2.75) is 63.2 Å². The first-order chi connectivity index (χ1) is 12.8. The summed E-state index contributed by atoms with van der Waals surface area (Å²) < 4.78 is 90.7. The number of alkyl halides is 4. The molecule has 0 aromatic heterocycles. The van der Waals surface area contributed by atoms with Crippen molar-refractivity contribution in [3.8, 4) is 0 Å². The first-order valence-electron chi connectivity index (χ1n) is 8.56. The van der Waals surface area contributed by atoms with Crippen molar-refractivity contribution >= 4 is 17.0 Å². The molecule has 1 N–H and O–H groups in total. The van der Waals surface area contributed by atoms with Crippen molar-refractivity contribution in [2.24, 2.45) is 0 Å². The Bertz CT molecular complexity index is 709. The number of halogens is 5. The molecule has 0 saturated carbocycles. The highest BCUT2D eigenvalue weighted by Gasteiger charge is 2.63. The van der Waals surface area contributed by atoms with Crippen LogP contribution >= 0.6 is 0 Å². The summed E-state index contributed by atoms with van der Waals surface area (Å²) in [5.74, 6) is -6.65. The molecule has 0 unspecified atom stereocenters.